The van der Waals surface area contributed by atoms with Gasteiger partial charge in [-0.25, -0.2) is 19.9 Å². The third-order valence-electron chi connectivity index (χ3n) is 2.32. The van der Waals surface area contributed by atoms with Gasteiger partial charge in [0.05, 0.1) is 0 Å². The summed E-state index contributed by atoms with van der Waals surface area (Å²) >= 11 is 6.06. The molecule has 0 N–H and O–H groups in total. The maximum Gasteiger partial charge on any atom is 0.183 e. The van der Waals surface area contributed by atoms with Crippen molar-refractivity contribution in [1.29, 1.82) is 0 Å². The highest BCUT2D eigenvalue weighted by Crippen LogP contribution is 2.21. The maximum absolute atomic E-state index is 6.06. The third kappa shape index (κ3) is 1.83. The van der Waals surface area contributed by atoms with Crippen molar-refractivity contribution >= 4 is 22.8 Å². The van der Waals surface area contributed by atoms with Crippen LogP contribution in [0.25, 0.3) is 22.6 Å². The average Bonchev–Trinajstić information content (AvgIpc) is 2.40. The number of rotatable bonds is 1. The normalized spacial score (nSPS) is 10.6. The van der Waals surface area contributed by atoms with Crippen LogP contribution >= 0.6 is 11.6 Å². The van der Waals surface area contributed by atoms with Gasteiger partial charge in [0, 0.05) is 18.0 Å². The lowest BCUT2D eigenvalue weighted by molar-refractivity contribution is 1.15. The SMILES string of the molecule is Clc1nc(-c2ccccc2)nc2nccnc12. The third-order valence-corrected chi connectivity index (χ3v) is 2.59. The van der Waals surface area contributed by atoms with Crippen LogP contribution in [-0.4, -0.2) is 19.9 Å². The van der Waals surface area contributed by atoms with Crippen molar-refractivity contribution in [2.24, 2.45) is 0 Å². The Hall–Kier alpha value is -2.07. The Morgan fingerprint density at radius 1 is 0.882 bits per heavy atom. The topological polar surface area (TPSA) is 51.6 Å². The van der Waals surface area contributed by atoms with Crippen LogP contribution in [0.15, 0.2) is 42.7 Å². The van der Waals surface area contributed by atoms with Crippen molar-refractivity contribution in [2.75, 3.05) is 0 Å². The first-order valence-electron chi connectivity index (χ1n) is 5.04. The molecule has 3 rings (SSSR count). The monoisotopic (exact) mass is 242 g/mol. The molecule has 0 radical (unpaired) electrons. The second-order valence-corrected chi connectivity index (χ2v) is 3.79. The molecule has 0 saturated carbocycles. The van der Waals surface area contributed by atoms with Crippen molar-refractivity contribution in [2.45, 2.75) is 0 Å². The van der Waals surface area contributed by atoms with E-state index in [1.807, 2.05) is 30.3 Å². The molecule has 0 saturated heterocycles. The van der Waals surface area contributed by atoms with Gasteiger partial charge in [-0.15, -0.1) is 0 Å². The van der Waals surface area contributed by atoms with Crippen LogP contribution in [0.5, 0.6) is 0 Å². The second kappa shape index (κ2) is 4.07. The Balaban J connectivity index is 2.26. The van der Waals surface area contributed by atoms with E-state index in [2.05, 4.69) is 19.9 Å². The number of nitrogens with zero attached hydrogens (tertiary/aromatic N) is 4. The molecule has 0 spiro atoms. The molecule has 5 heteroatoms. The first-order valence-corrected chi connectivity index (χ1v) is 5.42. The van der Waals surface area contributed by atoms with Crippen LogP contribution in [0.2, 0.25) is 5.15 Å². The number of hydrogen-bond acceptors (Lipinski definition) is 4. The molecule has 0 aliphatic carbocycles. The molecule has 4 nitrogen and oxygen atoms in total. The van der Waals surface area contributed by atoms with Gasteiger partial charge in [-0.05, 0) is 0 Å². The number of hydrogen-bond donors (Lipinski definition) is 0. The van der Waals surface area contributed by atoms with Crippen LogP contribution < -0.4 is 0 Å². The first kappa shape index (κ1) is 10.1. The molecule has 0 aliphatic rings. The van der Waals surface area contributed by atoms with E-state index in [1.54, 1.807) is 12.4 Å². The molecule has 0 atom stereocenters. The Labute approximate surface area is 102 Å². The molecule has 0 unspecified atom stereocenters. The highest BCUT2D eigenvalue weighted by molar-refractivity contribution is 6.33. The molecule has 3 aromatic rings. The Bertz CT molecular complexity index is 670. The summed E-state index contributed by atoms with van der Waals surface area (Å²) in [5.74, 6) is 0.559. The van der Waals surface area contributed by atoms with Crippen LogP contribution in [0, 0.1) is 0 Å². The highest BCUT2D eigenvalue weighted by Gasteiger charge is 2.08. The highest BCUT2D eigenvalue weighted by atomic mass is 35.5. The van der Waals surface area contributed by atoms with Crippen molar-refractivity contribution in [3.05, 3.63) is 47.9 Å². The van der Waals surface area contributed by atoms with E-state index in [-0.39, 0.29) is 0 Å². The smallest absolute Gasteiger partial charge is 0.183 e. The molecule has 1 aromatic carbocycles. The number of aromatic nitrogens is 4. The summed E-state index contributed by atoms with van der Waals surface area (Å²) in [6, 6.07) is 9.63. The lowest BCUT2D eigenvalue weighted by atomic mass is 10.2. The van der Waals surface area contributed by atoms with Gasteiger partial charge in [0.15, 0.2) is 16.6 Å². The van der Waals surface area contributed by atoms with Gasteiger partial charge in [0.2, 0.25) is 0 Å². The summed E-state index contributed by atoms with van der Waals surface area (Å²) in [7, 11) is 0. The fourth-order valence-corrected chi connectivity index (χ4v) is 1.76. The van der Waals surface area contributed by atoms with Crippen molar-refractivity contribution in [3.63, 3.8) is 0 Å². The minimum atomic E-state index is 0.321. The molecule has 0 amide bonds. The summed E-state index contributed by atoms with van der Waals surface area (Å²) < 4.78 is 0. The number of benzene rings is 1. The largest absolute Gasteiger partial charge is 0.248 e. The second-order valence-electron chi connectivity index (χ2n) is 3.43. The predicted octanol–water partition coefficient (Wildman–Crippen LogP) is 2.74. The van der Waals surface area contributed by atoms with Crippen LogP contribution in [0.4, 0.5) is 0 Å². The molecular formula is C12H7ClN4. The zero-order valence-electron chi connectivity index (χ0n) is 8.71. The van der Waals surface area contributed by atoms with Gasteiger partial charge < -0.3 is 0 Å². The number of fused-ring (bicyclic) bond motifs is 1. The maximum atomic E-state index is 6.06. The molecule has 0 fully saturated rings. The molecule has 2 heterocycles. The van der Waals surface area contributed by atoms with E-state index in [4.69, 9.17) is 11.6 Å². The average molecular weight is 243 g/mol. The van der Waals surface area contributed by atoms with Gasteiger partial charge in [0.1, 0.15) is 5.52 Å². The van der Waals surface area contributed by atoms with E-state index in [9.17, 15) is 0 Å². The summed E-state index contributed by atoms with van der Waals surface area (Å²) in [4.78, 5) is 16.8. The number of halogens is 1. The zero-order chi connectivity index (χ0) is 11.7. The Kier molecular flexibility index (Phi) is 2.42. The lowest BCUT2D eigenvalue weighted by Crippen LogP contribution is -1.94. The predicted molar refractivity (Wildman–Crippen MR) is 65.6 cm³/mol. The Morgan fingerprint density at radius 3 is 2.47 bits per heavy atom. The molecule has 0 bridgehead atoms. The van der Waals surface area contributed by atoms with E-state index >= 15 is 0 Å². The van der Waals surface area contributed by atoms with E-state index in [1.165, 1.54) is 0 Å². The van der Waals surface area contributed by atoms with Gasteiger partial charge in [-0.3, -0.25) is 0 Å². The minimum Gasteiger partial charge on any atom is -0.248 e. The summed E-state index contributed by atoms with van der Waals surface area (Å²) in [5.41, 5.74) is 1.93. The zero-order valence-corrected chi connectivity index (χ0v) is 9.46. The van der Waals surface area contributed by atoms with E-state index < -0.39 is 0 Å². The van der Waals surface area contributed by atoms with E-state index in [0.717, 1.165) is 5.56 Å². The lowest BCUT2D eigenvalue weighted by Gasteiger charge is -2.02. The van der Waals surface area contributed by atoms with Crippen LogP contribution in [0.1, 0.15) is 0 Å². The van der Waals surface area contributed by atoms with Crippen molar-refractivity contribution < 1.29 is 0 Å². The van der Waals surface area contributed by atoms with Gasteiger partial charge in [-0.1, -0.05) is 41.9 Å². The quantitative estimate of drug-likeness (QED) is 0.616. The minimum absolute atomic E-state index is 0.321. The van der Waals surface area contributed by atoms with E-state index in [0.29, 0.717) is 22.1 Å². The summed E-state index contributed by atoms with van der Waals surface area (Å²) in [6.07, 6.45) is 3.15. The summed E-state index contributed by atoms with van der Waals surface area (Å²) in [6.45, 7) is 0. The van der Waals surface area contributed by atoms with Crippen LogP contribution in [0.3, 0.4) is 0 Å². The van der Waals surface area contributed by atoms with Gasteiger partial charge in [0.25, 0.3) is 0 Å². The van der Waals surface area contributed by atoms with Gasteiger partial charge >= 0.3 is 0 Å². The van der Waals surface area contributed by atoms with Crippen molar-refractivity contribution in [3.8, 4) is 11.4 Å². The summed E-state index contributed by atoms with van der Waals surface area (Å²) in [5, 5.41) is 0.321. The molecule has 17 heavy (non-hydrogen) atoms. The van der Waals surface area contributed by atoms with Gasteiger partial charge in [-0.2, -0.15) is 0 Å². The molecular weight excluding hydrogens is 236 g/mol. The molecule has 82 valence electrons. The Morgan fingerprint density at radius 2 is 1.65 bits per heavy atom. The standard InChI is InChI=1S/C12H7ClN4/c13-10-9-12(15-7-6-14-9)17-11(16-10)8-4-2-1-3-5-8/h1-7H. The molecule has 2 aromatic heterocycles. The van der Waals surface area contributed by atoms with Crippen LogP contribution in [-0.2, 0) is 0 Å². The first-order chi connectivity index (χ1) is 8.34. The van der Waals surface area contributed by atoms with Crippen molar-refractivity contribution in [1.82, 2.24) is 19.9 Å². The molecule has 0 aliphatic heterocycles. The fraction of sp³-hybridized carbons (Fsp3) is 0. The fourth-order valence-electron chi connectivity index (χ4n) is 1.55.